The maximum Gasteiger partial charge on any atom is 0.332 e. The molecule has 0 fully saturated rings. The molecule has 0 aliphatic carbocycles. The van der Waals surface area contributed by atoms with E-state index in [4.69, 9.17) is 0 Å². The molecule has 0 spiro atoms. The third kappa shape index (κ3) is 2.20. The van der Waals surface area contributed by atoms with Crippen LogP contribution < -0.4 is 11.2 Å². The van der Waals surface area contributed by atoms with Gasteiger partial charge in [0.25, 0.3) is 15.6 Å². The van der Waals surface area contributed by atoms with Gasteiger partial charge >= 0.3 is 5.69 Å². The van der Waals surface area contributed by atoms with Crippen molar-refractivity contribution in [1.29, 1.82) is 0 Å². The summed E-state index contributed by atoms with van der Waals surface area (Å²) in [6.45, 7) is 3.70. The summed E-state index contributed by atoms with van der Waals surface area (Å²) < 4.78 is 28.3. The summed E-state index contributed by atoms with van der Waals surface area (Å²) >= 11 is 0. The van der Waals surface area contributed by atoms with Crippen molar-refractivity contribution in [1.82, 2.24) is 18.3 Å². The monoisotopic (exact) mass is 348 g/mol. The lowest BCUT2D eigenvalue weighted by Crippen LogP contribution is -2.36. The molecule has 126 valence electrons. The predicted molar refractivity (Wildman–Crippen MR) is 88.7 cm³/mol. The van der Waals surface area contributed by atoms with E-state index in [9.17, 15) is 18.0 Å². The molecule has 0 amide bonds. The molecule has 0 radical (unpaired) electrons. The van der Waals surface area contributed by atoms with Crippen LogP contribution in [0.2, 0.25) is 0 Å². The minimum Gasteiger partial charge on any atom is -0.279 e. The van der Waals surface area contributed by atoms with Crippen molar-refractivity contribution in [2.75, 3.05) is 0 Å². The van der Waals surface area contributed by atoms with Gasteiger partial charge in [-0.25, -0.2) is 4.79 Å². The molecule has 24 heavy (non-hydrogen) atoms. The topological polar surface area (TPSA) is 96.0 Å². The second-order valence-electron chi connectivity index (χ2n) is 5.70. The molecule has 2 heterocycles. The number of aromatic nitrogens is 4. The first kappa shape index (κ1) is 16.2. The Labute approximate surface area is 137 Å². The zero-order valence-corrected chi connectivity index (χ0v) is 14.5. The minimum atomic E-state index is -3.96. The average Bonchev–Trinajstić information content (AvgIpc) is 2.99. The van der Waals surface area contributed by atoms with E-state index in [0.29, 0.717) is 0 Å². The van der Waals surface area contributed by atoms with Crippen molar-refractivity contribution in [3.8, 4) is 0 Å². The lowest BCUT2D eigenvalue weighted by Gasteiger charge is -2.06. The molecule has 0 bridgehead atoms. The smallest absolute Gasteiger partial charge is 0.279 e. The van der Waals surface area contributed by atoms with Crippen molar-refractivity contribution in [3.05, 3.63) is 56.4 Å². The van der Waals surface area contributed by atoms with Crippen molar-refractivity contribution in [2.45, 2.75) is 18.7 Å². The average molecular weight is 348 g/mol. The maximum absolute atomic E-state index is 12.8. The molecule has 3 rings (SSSR count). The molecule has 0 unspecified atom stereocenters. The van der Waals surface area contributed by atoms with Gasteiger partial charge in [0.15, 0.2) is 5.65 Å². The lowest BCUT2D eigenvalue weighted by molar-refractivity contribution is 0.580. The summed E-state index contributed by atoms with van der Waals surface area (Å²) in [6, 6.07) is 4.75. The Hall–Kier alpha value is -2.68. The number of benzene rings is 1. The maximum atomic E-state index is 12.8. The van der Waals surface area contributed by atoms with E-state index < -0.39 is 21.3 Å². The molecule has 0 N–H and O–H groups in total. The van der Waals surface area contributed by atoms with E-state index in [2.05, 4.69) is 5.10 Å². The Morgan fingerprint density at radius 1 is 1.00 bits per heavy atom. The van der Waals surface area contributed by atoms with Gasteiger partial charge in [0.2, 0.25) is 0 Å². The van der Waals surface area contributed by atoms with E-state index in [0.717, 1.165) is 30.5 Å². The fourth-order valence-corrected chi connectivity index (χ4v) is 3.64. The van der Waals surface area contributed by atoms with Crippen LogP contribution in [-0.2, 0) is 24.1 Å². The summed E-state index contributed by atoms with van der Waals surface area (Å²) in [4.78, 5) is 24.2. The SMILES string of the molecule is Cc1ccc(S(=O)(=O)n2cc3c(=O)n(C)c(=O)n(C)c3n2)cc1C. The van der Waals surface area contributed by atoms with Gasteiger partial charge in [-0.3, -0.25) is 13.9 Å². The van der Waals surface area contributed by atoms with Crippen LogP contribution in [0.3, 0.4) is 0 Å². The molecule has 3 aromatic rings. The van der Waals surface area contributed by atoms with Crippen LogP contribution >= 0.6 is 0 Å². The second kappa shape index (κ2) is 5.17. The van der Waals surface area contributed by atoms with Crippen LogP contribution in [0.5, 0.6) is 0 Å². The first-order valence-electron chi connectivity index (χ1n) is 7.13. The third-order valence-electron chi connectivity index (χ3n) is 4.12. The van der Waals surface area contributed by atoms with E-state index >= 15 is 0 Å². The van der Waals surface area contributed by atoms with E-state index in [1.165, 1.54) is 20.2 Å². The number of hydrogen-bond donors (Lipinski definition) is 0. The van der Waals surface area contributed by atoms with Gasteiger partial charge in [-0.1, -0.05) is 6.07 Å². The summed E-state index contributed by atoms with van der Waals surface area (Å²) in [5.74, 6) is 0. The summed E-state index contributed by atoms with van der Waals surface area (Å²) in [5, 5.41) is 4.02. The van der Waals surface area contributed by atoms with Crippen LogP contribution in [-0.4, -0.2) is 26.7 Å². The number of hydrogen-bond acceptors (Lipinski definition) is 5. The Morgan fingerprint density at radius 2 is 1.67 bits per heavy atom. The number of aryl methyl sites for hydroxylation is 3. The summed E-state index contributed by atoms with van der Waals surface area (Å²) in [5.41, 5.74) is 0.665. The fourth-order valence-electron chi connectivity index (χ4n) is 2.43. The van der Waals surface area contributed by atoms with Crippen LogP contribution in [0, 0.1) is 13.8 Å². The van der Waals surface area contributed by atoms with Crippen LogP contribution in [0.25, 0.3) is 11.0 Å². The molecular weight excluding hydrogens is 332 g/mol. The summed E-state index contributed by atoms with van der Waals surface area (Å²) in [7, 11) is -1.19. The van der Waals surface area contributed by atoms with Gasteiger partial charge in [-0.15, -0.1) is 5.10 Å². The molecular formula is C15H16N4O4S. The van der Waals surface area contributed by atoms with Crippen LogP contribution in [0.4, 0.5) is 0 Å². The van der Waals surface area contributed by atoms with E-state index in [-0.39, 0.29) is 15.9 Å². The van der Waals surface area contributed by atoms with Gasteiger partial charge in [-0.05, 0) is 37.1 Å². The Kier molecular flexibility index (Phi) is 3.48. The quantitative estimate of drug-likeness (QED) is 0.663. The largest absolute Gasteiger partial charge is 0.332 e. The van der Waals surface area contributed by atoms with Crippen molar-refractivity contribution in [2.24, 2.45) is 14.1 Å². The van der Waals surface area contributed by atoms with E-state index in [1.807, 2.05) is 13.8 Å². The van der Waals surface area contributed by atoms with Gasteiger partial charge in [0.1, 0.15) is 5.39 Å². The molecule has 0 saturated heterocycles. The fraction of sp³-hybridized carbons (Fsp3) is 0.267. The normalized spacial score (nSPS) is 12.0. The molecule has 0 aliphatic rings. The summed E-state index contributed by atoms with van der Waals surface area (Å²) in [6.07, 6.45) is 1.14. The Morgan fingerprint density at radius 3 is 2.29 bits per heavy atom. The molecule has 1 aromatic carbocycles. The predicted octanol–water partition coefficient (Wildman–Crippen LogP) is 0.288. The second-order valence-corrected chi connectivity index (χ2v) is 7.49. The highest BCUT2D eigenvalue weighted by atomic mass is 32.2. The Bertz CT molecular complexity index is 1200. The molecule has 0 saturated carbocycles. The van der Waals surface area contributed by atoms with Gasteiger partial charge in [0, 0.05) is 14.1 Å². The zero-order chi connectivity index (χ0) is 17.8. The van der Waals surface area contributed by atoms with Crippen molar-refractivity contribution >= 4 is 21.1 Å². The molecule has 9 heteroatoms. The standard InChI is InChI=1S/C15H16N4O4S/c1-9-5-6-11(7-10(9)2)24(22,23)19-8-12-13(16-19)17(3)15(21)18(4)14(12)20/h5-8H,1-4H3. The van der Waals surface area contributed by atoms with Crippen molar-refractivity contribution < 1.29 is 8.42 Å². The number of rotatable bonds is 2. The van der Waals surface area contributed by atoms with Gasteiger partial charge in [0.05, 0.1) is 11.1 Å². The molecule has 0 atom stereocenters. The van der Waals surface area contributed by atoms with Crippen LogP contribution in [0.15, 0.2) is 38.9 Å². The molecule has 8 nitrogen and oxygen atoms in total. The Balaban J connectivity index is 2.32. The highest BCUT2D eigenvalue weighted by molar-refractivity contribution is 7.89. The highest BCUT2D eigenvalue weighted by Gasteiger charge is 2.22. The molecule has 2 aromatic heterocycles. The first-order valence-corrected chi connectivity index (χ1v) is 8.57. The van der Waals surface area contributed by atoms with Crippen molar-refractivity contribution in [3.63, 3.8) is 0 Å². The highest BCUT2D eigenvalue weighted by Crippen LogP contribution is 2.18. The first-order chi connectivity index (χ1) is 11.1. The minimum absolute atomic E-state index is 0.0236. The van der Waals surface area contributed by atoms with Gasteiger partial charge < -0.3 is 0 Å². The molecule has 0 aliphatic heterocycles. The van der Waals surface area contributed by atoms with Gasteiger partial charge in [-0.2, -0.15) is 12.5 Å². The number of nitrogens with zero attached hydrogens (tertiary/aromatic N) is 4. The van der Waals surface area contributed by atoms with E-state index in [1.54, 1.807) is 12.1 Å². The third-order valence-corrected chi connectivity index (χ3v) is 5.65. The number of fused-ring (bicyclic) bond motifs is 1. The zero-order valence-electron chi connectivity index (χ0n) is 13.6. The lowest BCUT2D eigenvalue weighted by atomic mass is 10.1. The van der Waals surface area contributed by atoms with Crippen LogP contribution in [0.1, 0.15) is 11.1 Å².